The second-order valence-corrected chi connectivity index (χ2v) is 5.74. The Balaban J connectivity index is 0.00000144. The molecule has 2 aromatic rings. The third-order valence-corrected chi connectivity index (χ3v) is 4.16. The Morgan fingerprint density at radius 1 is 1.29 bits per heavy atom. The standard InChI is InChI=1S/C15H17N3O3S.2ClH/c16-4-1-5-17-14(19)7-11-8-22-15(18-11)10-2-3-12-13(6-10)21-9-20-12;;/h2-3,6,8H,1,4-5,7,9,16H2,(H,17,19);2*1H. The van der Waals surface area contributed by atoms with Gasteiger partial charge in [-0.3, -0.25) is 4.79 Å². The number of rotatable bonds is 6. The Hall–Kier alpha value is -1.54. The first kappa shape index (κ1) is 20.5. The van der Waals surface area contributed by atoms with Gasteiger partial charge in [0.1, 0.15) is 5.01 Å². The number of aromatic nitrogens is 1. The Bertz CT molecular complexity index is 682. The highest BCUT2D eigenvalue weighted by atomic mass is 35.5. The molecule has 0 radical (unpaired) electrons. The van der Waals surface area contributed by atoms with Gasteiger partial charge in [0.2, 0.25) is 12.7 Å². The van der Waals surface area contributed by atoms with Crippen LogP contribution in [0.2, 0.25) is 0 Å². The van der Waals surface area contributed by atoms with Crippen molar-refractivity contribution in [2.45, 2.75) is 12.8 Å². The summed E-state index contributed by atoms with van der Waals surface area (Å²) in [6.45, 7) is 1.44. The van der Waals surface area contributed by atoms with Gasteiger partial charge in [-0.15, -0.1) is 36.2 Å². The molecule has 1 amide bonds. The van der Waals surface area contributed by atoms with Crippen LogP contribution >= 0.6 is 36.2 Å². The number of halogens is 2. The largest absolute Gasteiger partial charge is 0.454 e. The van der Waals surface area contributed by atoms with Gasteiger partial charge in [0.15, 0.2) is 11.5 Å². The summed E-state index contributed by atoms with van der Waals surface area (Å²) in [4.78, 5) is 16.3. The Labute approximate surface area is 156 Å². The minimum absolute atomic E-state index is 0. The number of nitrogens with zero attached hydrogens (tertiary/aromatic N) is 1. The predicted octanol–water partition coefficient (Wildman–Crippen LogP) is 2.39. The summed E-state index contributed by atoms with van der Waals surface area (Å²) in [7, 11) is 0. The third kappa shape index (κ3) is 4.98. The second-order valence-electron chi connectivity index (χ2n) is 4.88. The summed E-state index contributed by atoms with van der Waals surface area (Å²) in [5.74, 6) is 1.45. The first-order valence-corrected chi connectivity index (χ1v) is 7.95. The highest BCUT2D eigenvalue weighted by Gasteiger charge is 2.15. The fourth-order valence-corrected chi connectivity index (χ4v) is 2.92. The van der Waals surface area contributed by atoms with Crippen molar-refractivity contribution < 1.29 is 14.3 Å². The molecule has 6 nitrogen and oxygen atoms in total. The summed E-state index contributed by atoms with van der Waals surface area (Å²) >= 11 is 1.51. The number of hydrogen-bond donors (Lipinski definition) is 2. The van der Waals surface area contributed by atoms with E-state index in [-0.39, 0.29) is 43.9 Å². The minimum Gasteiger partial charge on any atom is -0.454 e. The molecule has 9 heteroatoms. The summed E-state index contributed by atoms with van der Waals surface area (Å²) in [5, 5.41) is 5.59. The smallest absolute Gasteiger partial charge is 0.231 e. The van der Waals surface area contributed by atoms with Gasteiger partial charge in [-0.1, -0.05) is 0 Å². The van der Waals surface area contributed by atoms with Crippen LogP contribution in [0.3, 0.4) is 0 Å². The third-order valence-electron chi connectivity index (χ3n) is 3.22. The molecule has 0 bridgehead atoms. The number of nitrogens with one attached hydrogen (secondary N) is 1. The van der Waals surface area contributed by atoms with Crippen LogP contribution in [0.15, 0.2) is 23.6 Å². The summed E-state index contributed by atoms with van der Waals surface area (Å²) in [6.07, 6.45) is 1.07. The van der Waals surface area contributed by atoms with Crippen molar-refractivity contribution in [3.63, 3.8) is 0 Å². The van der Waals surface area contributed by atoms with Crippen LogP contribution in [0.25, 0.3) is 10.6 Å². The van der Waals surface area contributed by atoms with E-state index in [9.17, 15) is 4.79 Å². The lowest BCUT2D eigenvalue weighted by Gasteiger charge is -2.02. The van der Waals surface area contributed by atoms with Crippen LogP contribution in [0.4, 0.5) is 0 Å². The molecule has 0 saturated carbocycles. The quantitative estimate of drug-likeness (QED) is 0.738. The molecule has 3 N–H and O–H groups in total. The molecule has 24 heavy (non-hydrogen) atoms. The highest BCUT2D eigenvalue weighted by molar-refractivity contribution is 7.13. The molecule has 1 aromatic heterocycles. The minimum atomic E-state index is -0.0315. The topological polar surface area (TPSA) is 86.5 Å². The van der Waals surface area contributed by atoms with Crippen LogP contribution < -0.4 is 20.5 Å². The van der Waals surface area contributed by atoms with Gasteiger partial charge in [0, 0.05) is 17.5 Å². The fraction of sp³-hybridized carbons (Fsp3) is 0.333. The van der Waals surface area contributed by atoms with Gasteiger partial charge >= 0.3 is 0 Å². The van der Waals surface area contributed by atoms with E-state index in [0.29, 0.717) is 13.1 Å². The maximum Gasteiger partial charge on any atom is 0.231 e. The van der Waals surface area contributed by atoms with E-state index in [0.717, 1.165) is 34.2 Å². The van der Waals surface area contributed by atoms with Gasteiger partial charge in [-0.05, 0) is 31.2 Å². The summed E-state index contributed by atoms with van der Waals surface area (Å²) < 4.78 is 10.7. The van der Waals surface area contributed by atoms with E-state index in [1.165, 1.54) is 11.3 Å². The first-order valence-electron chi connectivity index (χ1n) is 7.07. The lowest BCUT2D eigenvalue weighted by molar-refractivity contribution is -0.120. The lowest BCUT2D eigenvalue weighted by atomic mass is 10.2. The Morgan fingerprint density at radius 3 is 2.88 bits per heavy atom. The predicted molar refractivity (Wildman–Crippen MR) is 98.6 cm³/mol. The maximum atomic E-state index is 11.8. The molecule has 0 aliphatic carbocycles. The van der Waals surface area contributed by atoms with Crippen LogP contribution in [0.1, 0.15) is 12.1 Å². The van der Waals surface area contributed by atoms with Crippen LogP contribution in [-0.4, -0.2) is 30.8 Å². The van der Waals surface area contributed by atoms with E-state index in [1.807, 2.05) is 23.6 Å². The van der Waals surface area contributed by atoms with E-state index in [2.05, 4.69) is 10.3 Å². The molecule has 0 fully saturated rings. The van der Waals surface area contributed by atoms with Crippen molar-refractivity contribution in [2.24, 2.45) is 5.73 Å². The molecular weight excluding hydrogens is 373 g/mol. The van der Waals surface area contributed by atoms with Crippen molar-refractivity contribution in [3.8, 4) is 22.1 Å². The number of benzene rings is 1. The SMILES string of the molecule is Cl.Cl.NCCCNC(=O)Cc1csc(-c2ccc3c(c2)OCO3)n1. The van der Waals surface area contributed by atoms with Gasteiger partial charge < -0.3 is 20.5 Å². The van der Waals surface area contributed by atoms with Crippen molar-refractivity contribution in [2.75, 3.05) is 19.9 Å². The zero-order valence-corrected chi connectivity index (χ0v) is 15.3. The van der Waals surface area contributed by atoms with E-state index in [4.69, 9.17) is 15.2 Å². The van der Waals surface area contributed by atoms with Gasteiger partial charge in [-0.25, -0.2) is 4.98 Å². The van der Waals surface area contributed by atoms with E-state index in [1.54, 1.807) is 0 Å². The number of fused-ring (bicyclic) bond motifs is 1. The highest BCUT2D eigenvalue weighted by Crippen LogP contribution is 2.36. The normalized spacial score (nSPS) is 11.4. The Kier molecular flexibility index (Phi) is 8.27. The number of hydrogen-bond acceptors (Lipinski definition) is 6. The van der Waals surface area contributed by atoms with Crippen molar-refractivity contribution in [1.29, 1.82) is 0 Å². The maximum absolute atomic E-state index is 11.8. The molecule has 0 unspecified atom stereocenters. The van der Waals surface area contributed by atoms with Gasteiger partial charge in [-0.2, -0.15) is 0 Å². The fourth-order valence-electron chi connectivity index (χ4n) is 2.11. The molecular formula is C15H19Cl2N3O3S. The molecule has 2 heterocycles. The summed E-state index contributed by atoms with van der Waals surface area (Å²) in [5.41, 5.74) is 7.12. The number of amides is 1. The molecule has 132 valence electrons. The molecule has 0 saturated heterocycles. The van der Waals surface area contributed by atoms with Crippen molar-refractivity contribution >= 4 is 42.1 Å². The van der Waals surface area contributed by atoms with Crippen LogP contribution in [0, 0.1) is 0 Å². The van der Waals surface area contributed by atoms with E-state index < -0.39 is 0 Å². The Morgan fingerprint density at radius 2 is 2.08 bits per heavy atom. The molecule has 1 aromatic carbocycles. The van der Waals surface area contributed by atoms with Gasteiger partial charge in [0.25, 0.3) is 0 Å². The van der Waals surface area contributed by atoms with Crippen molar-refractivity contribution in [3.05, 3.63) is 29.3 Å². The lowest BCUT2D eigenvalue weighted by Crippen LogP contribution is -2.27. The average Bonchev–Trinajstić information content (AvgIpc) is 3.15. The zero-order chi connectivity index (χ0) is 15.4. The number of nitrogens with two attached hydrogens (primary N) is 1. The van der Waals surface area contributed by atoms with Crippen molar-refractivity contribution in [1.82, 2.24) is 10.3 Å². The molecule has 3 rings (SSSR count). The van der Waals surface area contributed by atoms with E-state index >= 15 is 0 Å². The van der Waals surface area contributed by atoms with Crippen LogP contribution in [-0.2, 0) is 11.2 Å². The van der Waals surface area contributed by atoms with Crippen LogP contribution in [0.5, 0.6) is 11.5 Å². The molecule has 1 aliphatic rings. The average molecular weight is 392 g/mol. The number of thiazole rings is 1. The molecule has 1 aliphatic heterocycles. The monoisotopic (exact) mass is 391 g/mol. The number of carbonyl (C=O) groups excluding carboxylic acids is 1. The van der Waals surface area contributed by atoms with Gasteiger partial charge in [0.05, 0.1) is 12.1 Å². The zero-order valence-electron chi connectivity index (χ0n) is 12.8. The molecule has 0 atom stereocenters. The molecule has 0 spiro atoms. The first-order chi connectivity index (χ1) is 10.8. The second kappa shape index (κ2) is 9.68. The summed E-state index contributed by atoms with van der Waals surface area (Å²) in [6, 6.07) is 5.72. The number of carbonyl (C=O) groups is 1. The number of ether oxygens (including phenoxy) is 2.